The summed E-state index contributed by atoms with van der Waals surface area (Å²) in [6, 6.07) is 28.5. The number of nitrogens with zero attached hydrogens (tertiary/aromatic N) is 1. The second kappa shape index (κ2) is 13.9. The van der Waals surface area contributed by atoms with Gasteiger partial charge in [0.05, 0.1) is 0 Å². The predicted octanol–water partition coefficient (Wildman–Crippen LogP) is 4.65. The van der Waals surface area contributed by atoms with E-state index >= 15 is 0 Å². The van der Waals surface area contributed by atoms with Crippen LogP contribution in [0.3, 0.4) is 0 Å². The molecule has 2 amide bonds. The summed E-state index contributed by atoms with van der Waals surface area (Å²) in [5.41, 5.74) is 7.00. The molecule has 1 fully saturated rings. The summed E-state index contributed by atoms with van der Waals surface area (Å²) in [7, 11) is 0. The monoisotopic (exact) mass is 538 g/mol. The molecule has 7 nitrogen and oxygen atoms in total. The molecule has 1 aliphatic rings. The van der Waals surface area contributed by atoms with Gasteiger partial charge < -0.3 is 10.3 Å². The molecule has 1 aromatic heterocycles. The van der Waals surface area contributed by atoms with E-state index in [1.54, 1.807) is 0 Å². The number of amides is 2. The lowest BCUT2D eigenvalue weighted by molar-refractivity contribution is -0.147. The van der Waals surface area contributed by atoms with Gasteiger partial charge in [-0.2, -0.15) is 0 Å². The molecule has 3 N–H and O–H groups in total. The molecule has 5 rings (SSSR count). The van der Waals surface area contributed by atoms with Gasteiger partial charge in [0.15, 0.2) is 0 Å². The van der Waals surface area contributed by atoms with Crippen LogP contribution in [0.5, 0.6) is 0 Å². The largest absolute Gasteiger partial charge is 0.361 e. The second-order valence-electron chi connectivity index (χ2n) is 10.6. The Hall–Kier alpha value is -3.94. The number of H-pyrrole nitrogens is 1. The summed E-state index contributed by atoms with van der Waals surface area (Å²) >= 11 is 0. The van der Waals surface area contributed by atoms with Gasteiger partial charge in [0, 0.05) is 36.7 Å². The van der Waals surface area contributed by atoms with Gasteiger partial charge in [-0.25, -0.2) is 5.48 Å². The minimum atomic E-state index is -0.911. The molecule has 0 bridgehead atoms. The molecule has 1 aliphatic heterocycles. The lowest BCUT2D eigenvalue weighted by Gasteiger charge is -2.31. The van der Waals surface area contributed by atoms with E-state index in [1.807, 2.05) is 60.8 Å². The first kappa shape index (κ1) is 27.6. The van der Waals surface area contributed by atoms with Crippen LogP contribution < -0.4 is 10.8 Å². The number of aromatic amines is 1. The van der Waals surface area contributed by atoms with Crippen LogP contribution in [0.25, 0.3) is 10.9 Å². The molecule has 7 heteroatoms. The van der Waals surface area contributed by atoms with E-state index in [1.165, 1.54) is 5.56 Å². The number of benzene rings is 3. The molecular weight excluding hydrogens is 500 g/mol. The van der Waals surface area contributed by atoms with Crippen LogP contribution in [0.4, 0.5) is 0 Å². The Morgan fingerprint density at radius 3 is 2.30 bits per heavy atom. The predicted molar refractivity (Wildman–Crippen MR) is 157 cm³/mol. The summed E-state index contributed by atoms with van der Waals surface area (Å²) < 4.78 is 0. The molecule has 3 aromatic carbocycles. The second-order valence-corrected chi connectivity index (χ2v) is 10.6. The fraction of sp³-hybridized carbons (Fsp3) is 0.333. The SMILES string of the molecule is O=C(NCCc1ccccc1)[C@@H](Cc1c[nH]c2ccccc12)C(=O)NOCN1CCC(Cc2ccccc2)CC1. The van der Waals surface area contributed by atoms with E-state index in [9.17, 15) is 9.59 Å². The molecule has 1 saturated heterocycles. The number of nitrogens with one attached hydrogen (secondary N) is 3. The van der Waals surface area contributed by atoms with Gasteiger partial charge in [0.2, 0.25) is 5.91 Å². The summed E-state index contributed by atoms with van der Waals surface area (Å²) in [4.78, 5) is 37.6. The third kappa shape index (κ3) is 7.58. The lowest BCUT2D eigenvalue weighted by atomic mass is 9.90. The van der Waals surface area contributed by atoms with Crippen LogP contribution in [-0.2, 0) is 33.7 Å². The highest BCUT2D eigenvalue weighted by Crippen LogP contribution is 2.23. The van der Waals surface area contributed by atoms with Crippen molar-refractivity contribution < 1.29 is 14.4 Å². The molecule has 4 aromatic rings. The van der Waals surface area contributed by atoms with Crippen molar-refractivity contribution in [2.24, 2.45) is 11.8 Å². The maximum absolute atomic E-state index is 13.3. The number of hydrogen-bond donors (Lipinski definition) is 3. The maximum atomic E-state index is 13.3. The van der Waals surface area contributed by atoms with E-state index in [2.05, 4.69) is 51.0 Å². The summed E-state index contributed by atoms with van der Waals surface area (Å²) in [6.45, 7) is 2.61. The molecule has 0 unspecified atom stereocenters. The van der Waals surface area contributed by atoms with Gasteiger partial charge in [-0.15, -0.1) is 0 Å². The van der Waals surface area contributed by atoms with Crippen molar-refractivity contribution in [3.63, 3.8) is 0 Å². The molecule has 0 aliphatic carbocycles. The third-order valence-corrected chi connectivity index (χ3v) is 7.78. The number of carbonyl (C=O) groups excluding carboxylic acids is 2. The highest BCUT2D eigenvalue weighted by Gasteiger charge is 2.28. The van der Waals surface area contributed by atoms with Crippen LogP contribution in [0.1, 0.15) is 29.5 Å². The number of aromatic nitrogens is 1. The van der Waals surface area contributed by atoms with E-state index < -0.39 is 11.8 Å². The Kier molecular flexibility index (Phi) is 9.61. The number of para-hydroxylation sites is 1. The van der Waals surface area contributed by atoms with Crippen LogP contribution in [-0.4, -0.2) is 48.1 Å². The standard InChI is InChI=1S/C33H38N4O3/c38-32(34-18-15-25-9-3-1-4-10-25)30(22-28-23-35-31-14-8-7-13-29(28)31)33(39)36-40-24-37-19-16-27(17-20-37)21-26-11-5-2-6-12-26/h1-14,23,27,30,35H,15-22,24H2,(H,34,38)(H,36,39)/t30-/m1/s1. The smallest absolute Gasteiger partial charge is 0.256 e. The zero-order valence-corrected chi connectivity index (χ0v) is 22.9. The van der Waals surface area contributed by atoms with Crippen molar-refractivity contribution >= 4 is 22.7 Å². The lowest BCUT2D eigenvalue weighted by Crippen LogP contribution is -2.45. The molecule has 40 heavy (non-hydrogen) atoms. The van der Waals surface area contributed by atoms with E-state index in [0.717, 1.165) is 54.4 Å². The van der Waals surface area contributed by atoms with Crippen molar-refractivity contribution in [3.05, 3.63) is 108 Å². The van der Waals surface area contributed by atoms with E-state index in [0.29, 0.717) is 25.6 Å². The zero-order valence-electron chi connectivity index (χ0n) is 22.9. The normalized spacial score (nSPS) is 15.1. The number of fused-ring (bicyclic) bond motifs is 1. The first-order valence-corrected chi connectivity index (χ1v) is 14.2. The average Bonchev–Trinajstić information content (AvgIpc) is 3.40. The number of hydrogen-bond acceptors (Lipinski definition) is 4. The minimum absolute atomic E-state index is 0.279. The van der Waals surface area contributed by atoms with Crippen molar-refractivity contribution in [1.29, 1.82) is 0 Å². The molecule has 0 saturated carbocycles. The molecular formula is C33H38N4O3. The van der Waals surface area contributed by atoms with Crippen molar-refractivity contribution in [1.82, 2.24) is 20.7 Å². The number of hydroxylamine groups is 1. The van der Waals surface area contributed by atoms with Gasteiger partial charge in [0.1, 0.15) is 12.6 Å². The zero-order chi connectivity index (χ0) is 27.6. The van der Waals surface area contributed by atoms with E-state index in [-0.39, 0.29) is 12.3 Å². The topological polar surface area (TPSA) is 86.5 Å². The van der Waals surface area contributed by atoms with Crippen molar-refractivity contribution in [2.45, 2.75) is 32.1 Å². The van der Waals surface area contributed by atoms with Gasteiger partial charge in [-0.3, -0.25) is 19.3 Å². The summed E-state index contributed by atoms with van der Waals surface area (Å²) in [6.07, 6.45) is 6.15. The average molecular weight is 539 g/mol. The van der Waals surface area contributed by atoms with Gasteiger partial charge in [-0.05, 0) is 60.8 Å². The molecule has 0 radical (unpaired) electrons. The first-order chi connectivity index (χ1) is 19.7. The van der Waals surface area contributed by atoms with Crippen LogP contribution in [0.15, 0.2) is 91.1 Å². The highest BCUT2D eigenvalue weighted by atomic mass is 16.7. The van der Waals surface area contributed by atoms with Crippen LogP contribution >= 0.6 is 0 Å². The third-order valence-electron chi connectivity index (χ3n) is 7.78. The van der Waals surface area contributed by atoms with Gasteiger partial charge in [-0.1, -0.05) is 78.9 Å². The Bertz CT molecular complexity index is 1360. The van der Waals surface area contributed by atoms with Gasteiger partial charge >= 0.3 is 0 Å². The van der Waals surface area contributed by atoms with Crippen molar-refractivity contribution in [3.8, 4) is 0 Å². The Balaban J connectivity index is 1.13. The Labute approximate surface area is 235 Å². The summed E-state index contributed by atoms with van der Waals surface area (Å²) in [5, 5.41) is 3.97. The van der Waals surface area contributed by atoms with Crippen LogP contribution in [0.2, 0.25) is 0 Å². The molecule has 1 atom stereocenters. The fourth-order valence-corrected chi connectivity index (χ4v) is 5.46. The molecule has 208 valence electrons. The van der Waals surface area contributed by atoms with Gasteiger partial charge in [0.25, 0.3) is 5.91 Å². The van der Waals surface area contributed by atoms with E-state index in [4.69, 9.17) is 4.84 Å². The Morgan fingerprint density at radius 1 is 0.875 bits per heavy atom. The summed E-state index contributed by atoms with van der Waals surface area (Å²) in [5.74, 6) is -0.981. The molecule has 0 spiro atoms. The Morgan fingerprint density at radius 2 is 1.55 bits per heavy atom. The first-order valence-electron chi connectivity index (χ1n) is 14.2. The maximum Gasteiger partial charge on any atom is 0.256 e. The van der Waals surface area contributed by atoms with Crippen molar-refractivity contribution in [2.75, 3.05) is 26.4 Å². The quantitative estimate of drug-likeness (QED) is 0.181. The van der Waals surface area contributed by atoms with Crippen LogP contribution in [0, 0.1) is 11.8 Å². The number of piperidine rings is 1. The number of rotatable bonds is 12. The highest BCUT2D eigenvalue weighted by molar-refractivity contribution is 6.00. The number of likely N-dealkylation sites (tertiary alicyclic amines) is 1. The fourth-order valence-electron chi connectivity index (χ4n) is 5.46. The minimum Gasteiger partial charge on any atom is -0.361 e. The molecule has 2 heterocycles. The number of carbonyl (C=O) groups is 2.